The first kappa shape index (κ1) is 22.1. The molecule has 4 rings (SSSR count). The van der Waals surface area contributed by atoms with Crippen molar-refractivity contribution in [3.05, 3.63) is 64.4 Å². The van der Waals surface area contributed by atoms with Gasteiger partial charge in [0.2, 0.25) is 11.5 Å². The summed E-state index contributed by atoms with van der Waals surface area (Å²) in [6.45, 7) is 5.47. The number of aromatic nitrogens is 2. The van der Waals surface area contributed by atoms with Crippen LogP contribution in [0.5, 0.6) is 0 Å². The molecule has 7 nitrogen and oxygen atoms in total. The number of ether oxygens (including phenoxy) is 1. The first-order valence-corrected chi connectivity index (χ1v) is 11.5. The third-order valence-electron chi connectivity index (χ3n) is 5.07. The molecule has 0 aliphatic rings. The molecule has 0 unspecified atom stereocenters. The van der Waals surface area contributed by atoms with Crippen LogP contribution in [0.2, 0.25) is 0 Å². The highest BCUT2D eigenvalue weighted by Gasteiger charge is 2.18. The quantitative estimate of drug-likeness (QED) is 0.227. The zero-order chi connectivity index (χ0) is 22.5. The van der Waals surface area contributed by atoms with Crippen LogP contribution in [-0.4, -0.2) is 34.4 Å². The number of hydrogen-bond acceptors (Lipinski definition) is 6. The van der Waals surface area contributed by atoms with Gasteiger partial charge in [-0.1, -0.05) is 42.1 Å². The summed E-state index contributed by atoms with van der Waals surface area (Å²) >= 11 is 1.24. The van der Waals surface area contributed by atoms with Crippen molar-refractivity contribution in [2.75, 3.05) is 24.3 Å². The summed E-state index contributed by atoms with van der Waals surface area (Å²) in [7, 11) is 0. The van der Waals surface area contributed by atoms with Crippen molar-refractivity contribution in [1.82, 2.24) is 9.55 Å². The summed E-state index contributed by atoms with van der Waals surface area (Å²) in [5, 5.41) is 4.20. The second kappa shape index (κ2) is 10.0. The standard InChI is InChI=1S/C24H25N3O4S/c1-3-30-14-8-13-27-23(29)22-21(17-10-5-7-12-19(17)31-22)26-24(27)32-15-20(28)25-18-11-6-4-9-16(18)2/h4-7,9-12H,3,8,13-15H2,1-2H3,(H,25,28). The Balaban J connectivity index is 1.63. The molecule has 0 saturated heterocycles. The van der Waals surface area contributed by atoms with Gasteiger partial charge in [0.05, 0.1) is 5.75 Å². The molecule has 0 aliphatic carbocycles. The van der Waals surface area contributed by atoms with E-state index in [1.807, 2.05) is 62.4 Å². The number of thioether (sulfide) groups is 1. The third kappa shape index (κ3) is 4.71. The Bertz CT molecular complexity index is 1310. The molecule has 32 heavy (non-hydrogen) atoms. The van der Waals surface area contributed by atoms with Crippen molar-refractivity contribution >= 4 is 45.4 Å². The number of rotatable bonds is 9. The zero-order valence-corrected chi connectivity index (χ0v) is 18.9. The van der Waals surface area contributed by atoms with Crippen molar-refractivity contribution in [3.8, 4) is 0 Å². The summed E-state index contributed by atoms with van der Waals surface area (Å²) in [6, 6.07) is 15.1. The molecule has 2 aromatic heterocycles. The van der Waals surface area contributed by atoms with Crippen LogP contribution in [0.4, 0.5) is 5.69 Å². The number of carbonyl (C=O) groups excluding carboxylic acids is 1. The van der Waals surface area contributed by atoms with Crippen molar-refractivity contribution in [1.29, 1.82) is 0 Å². The molecule has 0 saturated carbocycles. The van der Waals surface area contributed by atoms with Crippen LogP contribution < -0.4 is 10.9 Å². The van der Waals surface area contributed by atoms with Crippen molar-refractivity contribution in [2.24, 2.45) is 0 Å². The Kier molecular flexibility index (Phi) is 6.92. The number of amides is 1. The number of furan rings is 1. The number of benzene rings is 2. The predicted molar refractivity (Wildman–Crippen MR) is 127 cm³/mol. The van der Waals surface area contributed by atoms with Crippen LogP contribution in [0.25, 0.3) is 22.1 Å². The molecule has 0 spiro atoms. The Labute approximate surface area is 189 Å². The van der Waals surface area contributed by atoms with E-state index in [1.54, 1.807) is 4.57 Å². The van der Waals surface area contributed by atoms with Gasteiger partial charge in [0.15, 0.2) is 5.16 Å². The normalized spacial score (nSPS) is 11.3. The second-order valence-corrected chi connectivity index (χ2v) is 8.27. The summed E-state index contributed by atoms with van der Waals surface area (Å²) < 4.78 is 12.8. The SMILES string of the molecule is CCOCCCn1c(SCC(=O)Nc2ccccc2C)nc2c(oc3ccccc32)c1=O. The van der Waals surface area contributed by atoms with E-state index in [0.29, 0.717) is 42.4 Å². The average molecular weight is 452 g/mol. The second-order valence-electron chi connectivity index (χ2n) is 7.33. The Morgan fingerprint density at radius 2 is 1.97 bits per heavy atom. The molecule has 0 radical (unpaired) electrons. The highest BCUT2D eigenvalue weighted by atomic mass is 32.2. The molecule has 2 heterocycles. The van der Waals surface area contributed by atoms with E-state index in [2.05, 4.69) is 5.32 Å². The minimum Gasteiger partial charge on any atom is -0.448 e. The number of nitrogens with zero attached hydrogens (tertiary/aromatic N) is 2. The number of anilines is 1. The number of carbonyl (C=O) groups is 1. The minimum atomic E-state index is -0.246. The van der Waals surface area contributed by atoms with Gasteiger partial charge in [-0.3, -0.25) is 14.2 Å². The minimum absolute atomic E-state index is 0.132. The maximum atomic E-state index is 13.2. The van der Waals surface area contributed by atoms with Gasteiger partial charge in [-0.2, -0.15) is 0 Å². The molecule has 0 bridgehead atoms. The van der Waals surface area contributed by atoms with E-state index >= 15 is 0 Å². The highest BCUT2D eigenvalue weighted by Crippen LogP contribution is 2.27. The van der Waals surface area contributed by atoms with Crippen LogP contribution in [0, 0.1) is 6.92 Å². The Morgan fingerprint density at radius 1 is 1.19 bits per heavy atom. The summed E-state index contributed by atoms with van der Waals surface area (Å²) in [4.78, 5) is 30.5. The van der Waals surface area contributed by atoms with E-state index in [-0.39, 0.29) is 22.8 Å². The molecule has 0 aliphatic heterocycles. The molecule has 2 aromatic carbocycles. The fraction of sp³-hybridized carbons (Fsp3) is 0.292. The Hall–Kier alpha value is -3.10. The molecular weight excluding hydrogens is 426 g/mol. The van der Waals surface area contributed by atoms with Crippen LogP contribution in [0.1, 0.15) is 18.9 Å². The molecule has 8 heteroatoms. The lowest BCUT2D eigenvalue weighted by molar-refractivity contribution is -0.113. The molecular formula is C24H25N3O4S. The van der Waals surface area contributed by atoms with E-state index in [4.69, 9.17) is 14.1 Å². The molecule has 0 fully saturated rings. The molecule has 4 aromatic rings. The predicted octanol–water partition coefficient (Wildman–Crippen LogP) is 4.61. The maximum absolute atomic E-state index is 13.2. The average Bonchev–Trinajstić information content (AvgIpc) is 3.17. The summed E-state index contributed by atoms with van der Waals surface area (Å²) in [5.41, 5.74) is 2.89. The third-order valence-corrected chi connectivity index (χ3v) is 6.05. The Morgan fingerprint density at radius 3 is 2.78 bits per heavy atom. The van der Waals surface area contributed by atoms with Crippen LogP contribution in [0.15, 0.2) is 62.9 Å². The van der Waals surface area contributed by atoms with Crippen LogP contribution >= 0.6 is 11.8 Å². The van der Waals surface area contributed by atoms with E-state index in [1.165, 1.54) is 11.8 Å². The van der Waals surface area contributed by atoms with Crippen LogP contribution in [0.3, 0.4) is 0 Å². The van der Waals surface area contributed by atoms with Crippen molar-refractivity contribution < 1.29 is 13.9 Å². The van der Waals surface area contributed by atoms with Gasteiger partial charge in [0.25, 0.3) is 5.56 Å². The van der Waals surface area contributed by atoms with Crippen molar-refractivity contribution in [3.63, 3.8) is 0 Å². The van der Waals surface area contributed by atoms with Gasteiger partial charge in [0.1, 0.15) is 11.1 Å². The number of hydrogen-bond donors (Lipinski definition) is 1. The fourth-order valence-corrected chi connectivity index (χ4v) is 4.28. The van der Waals surface area contributed by atoms with E-state index in [0.717, 1.165) is 16.6 Å². The highest BCUT2D eigenvalue weighted by molar-refractivity contribution is 7.99. The smallest absolute Gasteiger partial charge is 0.297 e. The number of fused-ring (bicyclic) bond motifs is 3. The molecule has 0 atom stereocenters. The van der Waals surface area contributed by atoms with Gasteiger partial charge in [-0.25, -0.2) is 4.98 Å². The van der Waals surface area contributed by atoms with E-state index < -0.39 is 0 Å². The first-order valence-electron chi connectivity index (χ1n) is 10.6. The number of para-hydroxylation sites is 2. The summed E-state index contributed by atoms with van der Waals surface area (Å²) in [5.74, 6) is -0.0235. The van der Waals surface area contributed by atoms with Gasteiger partial charge in [-0.15, -0.1) is 0 Å². The van der Waals surface area contributed by atoms with E-state index in [9.17, 15) is 9.59 Å². The lowest BCUT2D eigenvalue weighted by Gasteiger charge is -2.12. The van der Waals surface area contributed by atoms with Crippen molar-refractivity contribution in [2.45, 2.75) is 32.0 Å². The monoisotopic (exact) mass is 451 g/mol. The number of nitrogens with one attached hydrogen (secondary N) is 1. The summed E-state index contributed by atoms with van der Waals surface area (Å²) in [6.07, 6.45) is 0.657. The fourth-order valence-electron chi connectivity index (χ4n) is 3.46. The maximum Gasteiger partial charge on any atom is 0.297 e. The molecule has 1 N–H and O–H groups in total. The lowest BCUT2D eigenvalue weighted by Crippen LogP contribution is -2.24. The van der Waals surface area contributed by atoms with Gasteiger partial charge in [0, 0.05) is 30.8 Å². The van der Waals surface area contributed by atoms with Gasteiger partial charge < -0.3 is 14.5 Å². The lowest BCUT2D eigenvalue weighted by atomic mass is 10.2. The molecule has 166 valence electrons. The largest absolute Gasteiger partial charge is 0.448 e. The van der Waals surface area contributed by atoms with Crippen LogP contribution in [-0.2, 0) is 16.1 Å². The van der Waals surface area contributed by atoms with Gasteiger partial charge >= 0.3 is 0 Å². The number of aryl methyl sites for hydroxylation is 1. The topological polar surface area (TPSA) is 86.4 Å². The molecule has 1 amide bonds. The van der Waals surface area contributed by atoms with Gasteiger partial charge in [-0.05, 0) is 44.0 Å². The first-order chi connectivity index (χ1) is 15.6. The zero-order valence-electron chi connectivity index (χ0n) is 18.1.